The molecular formula is C13H25N3O4. The lowest BCUT2D eigenvalue weighted by Gasteiger charge is -2.32. The van der Waals surface area contributed by atoms with Crippen LogP contribution in [0.2, 0.25) is 0 Å². The lowest BCUT2D eigenvalue weighted by molar-refractivity contribution is -0.153. The molecule has 0 aromatic heterocycles. The minimum Gasteiger partial charge on any atom is -0.466 e. The Balaban J connectivity index is 2.33. The summed E-state index contributed by atoms with van der Waals surface area (Å²) in [5, 5.41) is 15.4. The molecule has 0 aromatic rings. The predicted octanol–water partition coefficient (Wildman–Crippen LogP) is 0.117. The zero-order chi connectivity index (χ0) is 15.2. The van der Waals surface area contributed by atoms with Gasteiger partial charge in [0.15, 0.2) is 0 Å². The number of hydrogen-bond acceptors (Lipinski definition) is 5. The van der Waals surface area contributed by atoms with Gasteiger partial charge in [-0.15, -0.1) is 0 Å². The first kappa shape index (κ1) is 16.7. The van der Waals surface area contributed by atoms with Crippen molar-refractivity contribution in [2.75, 3.05) is 39.3 Å². The highest BCUT2D eigenvalue weighted by atomic mass is 16.5. The number of amides is 1. The fourth-order valence-corrected chi connectivity index (χ4v) is 2.09. The van der Waals surface area contributed by atoms with Crippen LogP contribution in [0.4, 0.5) is 4.79 Å². The lowest BCUT2D eigenvalue weighted by Crippen LogP contribution is -2.56. The molecule has 0 aromatic carbocycles. The summed E-state index contributed by atoms with van der Waals surface area (Å²) >= 11 is 0. The molecule has 1 fully saturated rings. The minimum absolute atomic E-state index is 0.0674. The van der Waals surface area contributed by atoms with Crippen molar-refractivity contribution in [1.29, 1.82) is 0 Å². The maximum absolute atomic E-state index is 11.7. The Morgan fingerprint density at radius 2 is 2.20 bits per heavy atom. The van der Waals surface area contributed by atoms with Gasteiger partial charge in [0.2, 0.25) is 0 Å². The third-order valence-electron chi connectivity index (χ3n) is 3.31. The Bertz CT molecular complexity index is 347. The maximum atomic E-state index is 11.7. The van der Waals surface area contributed by atoms with Gasteiger partial charge in [0, 0.05) is 38.8 Å². The first-order chi connectivity index (χ1) is 9.36. The van der Waals surface area contributed by atoms with Crippen LogP contribution in [-0.2, 0) is 9.53 Å². The van der Waals surface area contributed by atoms with E-state index in [0.717, 1.165) is 0 Å². The normalized spacial score (nSPS) is 19.8. The van der Waals surface area contributed by atoms with Crippen molar-refractivity contribution in [2.24, 2.45) is 5.41 Å². The van der Waals surface area contributed by atoms with Crippen LogP contribution in [0, 0.1) is 5.41 Å². The zero-order valence-corrected chi connectivity index (χ0v) is 12.4. The van der Waals surface area contributed by atoms with Crippen molar-refractivity contribution in [3.05, 3.63) is 0 Å². The molecule has 1 heterocycles. The Hall–Kier alpha value is -1.34. The molecule has 0 aliphatic carbocycles. The largest absolute Gasteiger partial charge is 0.466 e. The lowest BCUT2D eigenvalue weighted by atomic mass is 9.93. The van der Waals surface area contributed by atoms with Crippen molar-refractivity contribution >= 4 is 12.1 Å². The van der Waals surface area contributed by atoms with Gasteiger partial charge >= 0.3 is 12.1 Å². The number of carboxylic acid groups (broad SMARTS) is 1. The summed E-state index contributed by atoms with van der Waals surface area (Å²) in [6.45, 7) is 8.56. The van der Waals surface area contributed by atoms with Crippen LogP contribution >= 0.6 is 0 Å². The standard InChI is InChI=1S/C13H25N3O4/c1-4-20-11(17)13(2,3)9-14-7-10-8-16(12(18)19)6-5-15-10/h10,14-15H,4-9H2,1-3H3,(H,18,19). The number of ether oxygens (including phenoxy) is 1. The zero-order valence-electron chi connectivity index (χ0n) is 12.4. The number of rotatable bonds is 6. The van der Waals surface area contributed by atoms with Gasteiger partial charge < -0.3 is 25.4 Å². The van der Waals surface area contributed by atoms with Crippen LogP contribution in [0.25, 0.3) is 0 Å². The summed E-state index contributed by atoms with van der Waals surface area (Å²) < 4.78 is 5.02. The molecule has 0 spiro atoms. The average Bonchev–Trinajstić information content (AvgIpc) is 2.39. The van der Waals surface area contributed by atoms with Gasteiger partial charge in [-0.05, 0) is 20.8 Å². The molecule has 1 amide bonds. The first-order valence-electron chi connectivity index (χ1n) is 6.96. The highest BCUT2D eigenvalue weighted by Gasteiger charge is 2.29. The molecule has 1 aliphatic rings. The molecule has 1 rings (SSSR count). The molecule has 0 bridgehead atoms. The summed E-state index contributed by atoms with van der Waals surface area (Å²) in [6.07, 6.45) is -0.886. The van der Waals surface area contributed by atoms with Crippen LogP contribution in [0.5, 0.6) is 0 Å². The quantitative estimate of drug-likeness (QED) is 0.601. The van der Waals surface area contributed by atoms with Crippen LogP contribution in [0.15, 0.2) is 0 Å². The Morgan fingerprint density at radius 3 is 2.80 bits per heavy atom. The molecule has 1 atom stereocenters. The van der Waals surface area contributed by atoms with Crippen LogP contribution in [-0.4, -0.2) is 67.4 Å². The molecule has 1 aliphatic heterocycles. The van der Waals surface area contributed by atoms with E-state index >= 15 is 0 Å². The average molecular weight is 287 g/mol. The van der Waals surface area contributed by atoms with Crippen molar-refractivity contribution in [3.63, 3.8) is 0 Å². The molecule has 0 radical (unpaired) electrons. The second kappa shape index (κ2) is 7.44. The van der Waals surface area contributed by atoms with Crippen LogP contribution in [0.1, 0.15) is 20.8 Å². The van der Waals surface area contributed by atoms with Gasteiger partial charge in [-0.25, -0.2) is 4.79 Å². The Morgan fingerprint density at radius 1 is 1.50 bits per heavy atom. The summed E-state index contributed by atoms with van der Waals surface area (Å²) in [7, 11) is 0. The second-order valence-corrected chi connectivity index (χ2v) is 5.61. The SMILES string of the molecule is CCOC(=O)C(C)(C)CNCC1CN(C(=O)O)CCN1. The van der Waals surface area contributed by atoms with E-state index in [1.54, 1.807) is 6.92 Å². The molecule has 7 nitrogen and oxygen atoms in total. The topological polar surface area (TPSA) is 90.9 Å². The van der Waals surface area contributed by atoms with E-state index in [4.69, 9.17) is 9.84 Å². The van der Waals surface area contributed by atoms with Gasteiger partial charge in [-0.2, -0.15) is 0 Å². The second-order valence-electron chi connectivity index (χ2n) is 5.61. The Kier molecular flexibility index (Phi) is 6.22. The fourth-order valence-electron chi connectivity index (χ4n) is 2.09. The predicted molar refractivity (Wildman–Crippen MR) is 74.7 cm³/mol. The van der Waals surface area contributed by atoms with Gasteiger partial charge in [0.25, 0.3) is 0 Å². The molecular weight excluding hydrogens is 262 g/mol. The van der Waals surface area contributed by atoms with E-state index in [-0.39, 0.29) is 12.0 Å². The third kappa shape index (κ3) is 4.97. The first-order valence-corrected chi connectivity index (χ1v) is 6.96. The van der Waals surface area contributed by atoms with Crippen molar-refractivity contribution < 1.29 is 19.4 Å². The highest BCUT2D eigenvalue weighted by molar-refractivity contribution is 5.76. The van der Waals surface area contributed by atoms with E-state index in [9.17, 15) is 9.59 Å². The summed E-state index contributed by atoms with van der Waals surface area (Å²) in [6, 6.07) is 0.0674. The van der Waals surface area contributed by atoms with Crippen molar-refractivity contribution in [1.82, 2.24) is 15.5 Å². The molecule has 0 saturated carbocycles. The van der Waals surface area contributed by atoms with Crippen LogP contribution < -0.4 is 10.6 Å². The molecule has 7 heteroatoms. The smallest absolute Gasteiger partial charge is 0.407 e. The number of piperazine rings is 1. The maximum Gasteiger partial charge on any atom is 0.407 e. The van der Waals surface area contributed by atoms with Gasteiger partial charge in [-0.3, -0.25) is 4.79 Å². The molecule has 3 N–H and O–H groups in total. The van der Waals surface area contributed by atoms with Crippen molar-refractivity contribution in [2.45, 2.75) is 26.8 Å². The van der Waals surface area contributed by atoms with E-state index in [0.29, 0.717) is 39.3 Å². The number of esters is 1. The van der Waals surface area contributed by atoms with Gasteiger partial charge in [-0.1, -0.05) is 0 Å². The molecule has 1 unspecified atom stereocenters. The third-order valence-corrected chi connectivity index (χ3v) is 3.31. The van der Waals surface area contributed by atoms with Gasteiger partial charge in [0.1, 0.15) is 0 Å². The van der Waals surface area contributed by atoms with E-state index < -0.39 is 11.5 Å². The number of carbonyl (C=O) groups is 2. The Labute approximate surface area is 119 Å². The summed E-state index contributed by atoms with van der Waals surface area (Å²) in [5.74, 6) is -0.226. The monoisotopic (exact) mass is 287 g/mol. The molecule has 20 heavy (non-hydrogen) atoms. The number of hydrogen-bond donors (Lipinski definition) is 3. The van der Waals surface area contributed by atoms with E-state index in [1.165, 1.54) is 4.90 Å². The number of nitrogens with zero attached hydrogens (tertiary/aromatic N) is 1. The van der Waals surface area contributed by atoms with Crippen molar-refractivity contribution in [3.8, 4) is 0 Å². The highest BCUT2D eigenvalue weighted by Crippen LogP contribution is 2.15. The summed E-state index contributed by atoms with van der Waals surface area (Å²) in [4.78, 5) is 24.0. The fraction of sp³-hybridized carbons (Fsp3) is 0.846. The van der Waals surface area contributed by atoms with Gasteiger partial charge in [0.05, 0.1) is 12.0 Å². The van der Waals surface area contributed by atoms with E-state index in [1.807, 2.05) is 13.8 Å². The van der Waals surface area contributed by atoms with Crippen LogP contribution in [0.3, 0.4) is 0 Å². The molecule has 1 saturated heterocycles. The number of nitrogens with one attached hydrogen (secondary N) is 2. The van der Waals surface area contributed by atoms with E-state index in [2.05, 4.69) is 10.6 Å². The minimum atomic E-state index is -0.886. The number of carbonyl (C=O) groups excluding carboxylic acids is 1. The summed E-state index contributed by atoms with van der Waals surface area (Å²) in [5.41, 5.74) is -0.586. The molecule has 116 valence electrons.